The van der Waals surface area contributed by atoms with E-state index in [0.29, 0.717) is 11.3 Å². The van der Waals surface area contributed by atoms with Gasteiger partial charge in [-0.05, 0) is 74.3 Å². The Morgan fingerprint density at radius 1 is 1.23 bits per heavy atom. The number of halogens is 1. The minimum atomic E-state index is -0.276. The molecule has 0 fully saturated rings. The van der Waals surface area contributed by atoms with E-state index >= 15 is 0 Å². The lowest BCUT2D eigenvalue weighted by atomic mass is 10.0. The third-order valence-electron chi connectivity index (χ3n) is 4.73. The van der Waals surface area contributed by atoms with E-state index in [0.717, 1.165) is 27.0 Å². The van der Waals surface area contributed by atoms with Crippen LogP contribution < -0.4 is 10.1 Å². The quantitative estimate of drug-likeness (QED) is 0.671. The molecule has 1 heterocycles. The Morgan fingerprint density at radius 2 is 1.88 bits per heavy atom. The predicted molar refractivity (Wildman–Crippen MR) is 105 cm³/mol. The lowest BCUT2D eigenvalue weighted by molar-refractivity contribution is -0.709. The summed E-state index contributed by atoms with van der Waals surface area (Å²) in [4.78, 5) is 27.8. The normalized spacial score (nSPS) is 13.3. The van der Waals surface area contributed by atoms with Crippen LogP contribution in [0.2, 0.25) is 0 Å². The van der Waals surface area contributed by atoms with Crippen molar-refractivity contribution in [1.29, 1.82) is 0 Å². The third kappa shape index (κ3) is 4.07. The molecule has 0 amide bonds. The highest BCUT2D eigenvalue weighted by atomic mass is 79.9. The largest absolute Gasteiger partial charge is 0.496 e. The number of methoxy groups -OCH3 is 1. The minimum absolute atomic E-state index is 0.00229. The van der Waals surface area contributed by atoms with Crippen molar-refractivity contribution in [3.8, 4) is 5.75 Å². The number of nitrogens with two attached hydrogens (primary N) is 1. The molecule has 0 saturated carbocycles. The molecule has 1 aromatic carbocycles. The van der Waals surface area contributed by atoms with Crippen LogP contribution in [-0.4, -0.2) is 29.7 Å². The Kier molecular flexibility index (Phi) is 6.42. The highest BCUT2D eigenvalue weighted by Crippen LogP contribution is 2.27. The molecule has 26 heavy (non-hydrogen) atoms. The van der Waals surface area contributed by atoms with Crippen molar-refractivity contribution in [3.05, 3.63) is 50.8 Å². The second-order valence-corrected chi connectivity index (χ2v) is 7.56. The lowest BCUT2D eigenvalue weighted by Crippen LogP contribution is -2.91. The van der Waals surface area contributed by atoms with Gasteiger partial charge in [0, 0.05) is 16.8 Å². The van der Waals surface area contributed by atoms with Crippen molar-refractivity contribution < 1.29 is 19.6 Å². The molecular weight excluding hydrogens is 396 g/mol. The van der Waals surface area contributed by atoms with E-state index in [1.54, 1.807) is 7.11 Å². The average Bonchev–Trinajstić information content (AvgIpc) is 2.88. The van der Waals surface area contributed by atoms with Crippen LogP contribution >= 0.6 is 15.9 Å². The van der Waals surface area contributed by atoms with Gasteiger partial charge in [0.1, 0.15) is 17.8 Å². The highest BCUT2D eigenvalue weighted by molar-refractivity contribution is 9.10. The Bertz CT molecular complexity index is 842. The zero-order valence-corrected chi connectivity index (χ0v) is 17.7. The fraction of sp³-hybridized carbons (Fsp3) is 0.400. The number of carbonyl (C=O) groups is 2. The number of ketones is 2. The standard InChI is InChI=1S/C20H25BrN2O3/c1-10-18(14(5)24)12(3)23-19(10)20(25)13(4)22-11(2)15-7-8-17(26-6)16(21)9-15/h7-9,11,13,22-23H,1-6H3/p+1/t11-,13+/m1/s1. The van der Waals surface area contributed by atoms with Gasteiger partial charge in [0.05, 0.1) is 17.3 Å². The van der Waals surface area contributed by atoms with E-state index in [9.17, 15) is 9.59 Å². The van der Waals surface area contributed by atoms with Gasteiger partial charge in [-0.15, -0.1) is 0 Å². The van der Waals surface area contributed by atoms with Crippen LogP contribution in [0.4, 0.5) is 0 Å². The zero-order chi connectivity index (χ0) is 19.6. The summed E-state index contributed by atoms with van der Waals surface area (Å²) < 4.78 is 6.15. The molecular formula is C20H26BrN2O3+. The molecule has 0 aliphatic heterocycles. The number of rotatable bonds is 7. The van der Waals surface area contributed by atoms with Gasteiger partial charge in [0.2, 0.25) is 5.78 Å². The van der Waals surface area contributed by atoms with Crippen molar-refractivity contribution in [3.63, 3.8) is 0 Å². The summed E-state index contributed by atoms with van der Waals surface area (Å²) in [6.07, 6.45) is 0. The molecule has 2 aromatic rings. The summed E-state index contributed by atoms with van der Waals surface area (Å²) in [5.41, 5.74) is 3.73. The van der Waals surface area contributed by atoms with Crippen molar-refractivity contribution in [2.75, 3.05) is 7.11 Å². The van der Waals surface area contributed by atoms with Gasteiger partial charge in [-0.1, -0.05) is 0 Å². The summed E-state index contributed by atoms with van der Waals surface area (Å²) in [5.74, 6) is 0.750. The van der Waals surface area contributed by atoms with Gasteiger partial charge in [0.25, 0.3) is 0 Å². The van der Waals surface area contributed by atoms with Crippen molar-refractivity contribution in [2.45, 2.75) is 46.7 Å². The van der Waals surface area contributed by atoms with Crippen LogP contribution in [0.15, 0.2) is 22.7 Å². The zero-order valence-electron chi connectivity index (χ0n) is 16.1. The molecule has 2 atom stereocenters. The number of ether oxygens (including phenoxy) is 1. The summed E-state index contributed by atoms with van der Waals surface area (Å²) in [6, 6.07) is 5.74. The van der Waals surface area contributed by atoms with E-state index in [2.05, 4.69) is 27.8 Å². The first-order chi connectivity index (χ1) is 12.2. The van der Waals surface area contributed by atoms with Gasteiger partial charge in [-0.25, -0.2) is 0 Å². The van der Waals surface area contributed by atoms with Crippen molar-refractivity contribution in [1.82, 2.24) is 4.98 Å². The van der Waals surface area contributed by atoms with E-state index < -0.39 is 0 Å². The Labute approximate surface area is 162 Å². The first kappa shape index (κ1) is 20.4. The summed E-state index contributed by atoms with van der Waals surface area (Å²) in [6.45, 7) is 9.12. The smallest absolute Gasteiger partial charge is 0.235 e. The first-order valence-corrected chi connectivity index (χ1v) is 9.39. The molecule has 6 heteroatoms. The number of quaternary nitrogens is 1. The lowest BCUT2D eigenvalue weighted by Gasteiger charge is -2.17. The topological polar surface area (TPSA) is 75.8 Å². The number of H-pyrrole nitrogens is 1. The first-order valence-electron chi connectivity index (χ1n) is 8.60. The van der Waals surface area contributed by atoms with Gasteiger partial charge in [-0.2, -0.15) is 0 Å². The Hall–Kier alpha value is -1.92. The number of benzene rings is 1. The van der Waals surface area contributed by atoms with E-state index in [1.807, 2.05) is 44.3 Å². The molecule has 0 spiro atoms. The average molecular weight is 422 g/mol. The highest BCUT2D eigenvalue weighted by Gasteiger charge is 2.27. The molecule has 1 aromatic heterocycles. The molecule has 0 aliphatic rings. The predicted octanol–water partition coefficient (Wildman–Crippen LogP) is 3.50. The summed E-state index contributed by atoms with van der Waals surface area (Å²) in [7, 11) is 1.63. The van der Waals surface area contributed by atoms with Gasteiger partial charge in [0.15, 0.2) is 5.78 Å². The molecule has 0 bridgehead atoms. The van der Waals surface area contributed by atoms with Crippen molar-refractivity contribution in [2.24, 2.45) is 0 Å². The molecule has 0 aliphatic carbocycles. The van der Waals surface area contributed by atoms with Crippen molar-refractivity contribution >= 4 is 27.5 Å². The third-order valence-corrected chi connectivity index (χ3v) is 5.35. The summed E-state index contributed by atoms with van der Waals surface area (Å²) >= 11 is 3.50. The Balaban J connectivity index is 2.18. The molecule has 0 saturated heterocycles. The Morgan fingerprint density at radius 3 is 2.38 bits per heavy atom. The van der Waals surface area contributed by atoms with Crippen LogP contribution in [0.3, 0.4) is 0 Å². The number of carbonyl (C=O) groups excluding carboxylic acids is 2. The van der Waals surface area contributed by atoms with E-state index in [1.165, 1.54) is 6.92 Å². The number of hydrogen-bond donors (Lipinski definition) is 2. The molecule has 0 radical (unpaired) electrons. The monoisotopic (exact) mass is 421 g/mol. The number of aromatic amines is 1. The van der Waals surface area contributed by atoms with E-state index in [4.69, 9.17) is 4.74 Å². The van der Waals surface area contributed by atoms with Crippen LogP contribution in [0.5, 0.6) is 5.75 Å². The second kappa shape index (κ2) is 8.18. The second-order valence-electron chi connectivity index (χ2n) is 6.71. The number of hydrogen-bond acceptors (Lipinski definition) is 3. The van der Waals surface area contributed by atoms with Crippen LogP contribution in [0.25, 0.3) is 0 Å². The molecule has 3 N–H and O–H groups in total. The SMILES string of the molecule is COc1ccc([C@@H](C)[NH2+][C@@H](C)C(=O)c2[nH]c(C)c(C(C)=O)c2C)cc1Br. The minimum Gasteiger partial charge on any atom is -0.496 e. The van der Waals surface area contributed by atoms with Gasteiger partial charge < -0.3 is 15.0 Å². The fourth-order valence-corrected chi connectivity index (χ4v) is 3.91. The summed E-state index contributed by atoms with van der Waals surface area (Å²) in [5, 5.41) is 2.03. The maximum atomic E-state index is 12.9. The number of nitrogens with one attached hydrogen (secondary N) is 1. The molecule has 5 nitrogen and oxygen atoms in total. The van der Waals surface area contributed by atoms with E-state index in [-0.39, 0.29) is 23.7 Å². The maximum Gasteiger partial charge on any atom is 0.235 e. The number of aryl methyl sites for hydroxylation is 1. The molecule has 2 rings (SSSR count). The number of Topliss-reactive ketones (excluding diaryl/α,β-unsaturated/α-hetero) is 2. The van der Waals surface area contributed by atoms with Crippen LogP contribution in [0, 0.1) is 13.8 Å². The fourth-order valence-electron chi connectivity index (χ4n) is 3.35. The van der Waals surface area contributed by atoms with Gasteiger partial charge >= 0.3 is 0 Å². The number of aromatic nitrogens is 1. The molecule has 140 valence electrons. The van der Waals surface area contributed by atoms with Gasteiger partial charge in [-0.3, -0.25) is 9.59 Å². The maximum absolute atomic E-state index is 12.9. The van der Waals surface area contributed by atoms with Crippen LogP contribution in [-0.2, 0) is 0 Å². The van der Waals surface area contributed by atoms with Crippen LogP contribution in [0.1, 0.15) is 64.5 Å². The molecule has 0 unspecified atom stereocenters.